The Morgan fingerprint density at radius 1 is 1.11 bits per heavy atom. The van der Waals surface area contributed by atoms with E-state index in [2.05, 4.69) is 16.0 Å². The molecule has 3 aliphatic rings. The van der Waals surface area contributed by atoms with Crippen molar-refractivity contribution >= 4 is 34.1 Å². The molecule has 3 saturated heterocycles. The molecule has 3 aliphatic heterocycles. The summed E-state index contributed by atoms with van der Waals surface area (Å²) in [4.78, 5) is 37.8. The van der Waals surface area contributed by atoms with E-state index in [9.17, 15) is 14.9 Å². The van der Waals surface area contributed by atoms with Gasteiger partial charge in [0.15, 0.2) is 0 Å². The van der Waals surface area contributed by atoms with Gasteiger partial charge in [0.2, 0.25) is 11.8 Å². The van der Waals surface area contributed by atoms with Gasteiger partial charge in [0.1, 0.15) is 11.6 Å². The van der Waals surface area contributed by atoms with Crippen LogP contribution in [0.3, 0.4) is 0 Å². The average Bonchev–Trinajstić information content (AvgIpc) is 3.42. The third kappa shape index (κ3) is 3.16. The van der Waals surface area contributed by atoms with Crippen molar-refractivity contribution in [3.05, 3.63) is 59.5 Å². The number of imide groups is 1. The number of nitriles is 1. The van der Waals surface area contributed by atoms with Gasteiger partial charge in [-0.2, -0.15) is 5.26 Å². The van der Waals surface area contributed by atoms with Crippen molar-refractivity contribution in [1.82, 2.24) is 9.97 Å². The van der Waals surface area contributed by atoms with Crippen LogP contribution in [0.4, 0.5) is 11.5 Å². The molecule has 182 valence electrons. The maximum absolute atomic E-state index is 14.0. The molecule has 2 N–H and O–H groups in total. The Bertz CT molecular complexity index is 1460. The summed E-state index contributed by atoms with van der Waals surface area (Å²) in [6, 6.07) is 14.8. The number of anilines is 2. The highest BCUT2D eigenvalue weighted by Gasteiger charge is 2.73. The van der Waals surface area contributed by atoms with Crippen molar-refractivity contribution in [3.8, 4) is 6.07 Å². The van der Waals surface area contributed by atoms with Crippen LogP contribution >= 0.6 is 0 Å². The molecule has 4 atom stereocenters. The van der Waals surface area contributed by atoms with Gasteiger partial charge < -0.3 is 10.5 Å². The molecule has 3 aromatic rings. The quantitative estimate of drug-likeness (QED) is 0.549. The van der Waals surface area contributed by atoms with E-state index in [-0.39, 0.29) is 11.8 Å². The van der Waals surface area contributed by atoms with Crippen molar-refractivity contribution in [2.75, 3.05) is 10.6 Å². The second-order valence-electron chi connectivity index (χ2n) is 10.4. The summed E-state index contributed by atoms with van der Waals surface area (Å²) in [6.07, 6.45) is 3.61. The first kappa shape index (κ1) is 22.6. The monoisotopic (exact) mass is 481 g/mol. The number of ether oxygens (including phenoxy) is 1. The summed E-state index contributed by atoms with van der Waals surface area (Å²) in [6.45, 7) is 3.79. The SMILES string of the molecule is Cc1nc(N)cc(CCC[C@@]23CC[C@@](C)(O2)[C@H]2C(=O)N(c4ccc(C#N)c5ccccc45)C(=O)[C@H]23)n1. The lowest BCUT2D eigenvalue weighted by Gasteiger charge is -2.31. The van der Waals surface area contributed by atoms with Gasteiger partial charge in [0, 0.05) is 22.5 Å². The third-order valence-electron chi connectivity index (χ3n) is 8.22. The lowest BCUT2D eigenvalue weighted by Crippen LogP contribution is -2.42. The maximum Gasteiger partial charge on any atom is 0.240 e. The van der Waals surface area contributed by atoms with Gasteiger partial charge in [-0.05, 0) is 58.1 Å². The topological polar surface area (TPSA) is 122 Å². The highest BCUT2D eigenvalue weighted by Crippen LogP contribution is 2.62. The first-order valence-corrected chi connectivity index (χ1v) is 12.4. The molecule has 8 nitrogen and oxygen atoms in total. The van der Waals surface area contributed by atoms with Crippen LogP contribution in [-0.4, -0.2) is 33.0 Å². The number of aromatic nitrogens is 2. The number of rotatable bonds is 5. The van der Waals surface area contributed by atoms with Crippen LogP contribution in [0.25, 0.3) is 10.8 Å². The Labute approximate surface area is 209 Å². The van der Waals surface area contributed by atoms with Crippen molar-refractivity contribution in [1.29, 1.82) is 5.26 Å². The van der Waals surface area contributed by atoms with E-state index in [1.54, 1.807) is 18.2 Å². The Morgan fingerprint density at radius 3 is 2.61 bits per heavy atom. The number of nitrogens with two attached hydrogens (primary N) is 1. The third-order valence-corrected chi connectivity index (χ3v) is 8.22. The number of hydrogen-bond donors (Lipinski definition) is 1. The van der Waals surface area contributed by atoms with Gasteiger partial charge >= 0.3 is 0 Å². The van der Waals surface area contributed by atoms with Crippen molar-refractivity contribution < 1.29 is 14.3 Å². The van der Waals surface area contributed by atoms with E-state index in [4.69, 9.17) is 10.5 Å². The molecule has 2 aromatic carbocycles. The highest BCUT2D eigenvalue weighted by molar-refractivity contribution is 6.26. The van der Waals surface area contributed by atoms with Gasteiger partial charge in [-0.25, -0.2) is 14.9 Å². The van der Waals surface area contributed by atoms with E-state index in [0.29, 0.717) is 35.7 Å². The summed E-state index contributed by atoms with van der Waals surface area (Å²) in [5, 5.41) is 11.0. The number of benzene rings is 2. The minimum absolute atomic E-state index is 0.203. The minimum Gasteiger partial charge on any atom is -0.384 e. The molecule has 0 unspecified atom stereocenters. The molecule has 2 amide bonds. The molecule has 0 radical (unpaired) electrons. The van der Waals surface area contributed by atoms with Crippen LogP contribution in [0.1, 0.15) is 49.7 Å². The number of hydrogen-bond acceptors (Lipinski definition) is 7. The highest BCUT2D eigenvalue weighted by atomic mass is 16.5. The van der Waals surface area contributed by atoms with Crippen LogP contribution < -0.4 is 10.6 Å². The van der Waals surface area contributed by atoms with Gasteiger partial charge in [0.05, 0.1) is 40.4 Å². The van der Waals surface area contributed by atoms with Gasteiger partial charge in [-0.15, -0.1) is 0 Å². The summed E-state index contributed by atoms with van der Waals surface area (Å²) in [7, 11) is 0. The maximum atomic E-state index is 14.0. The summed E-state index contributed by atoms with van der Waals surface area (Å²) < 4.78 is 6.58. The molecule has 3 fully saturated rings. The average molecular weight is 482 g/mol. The first-order chi connectivity index (χ1) is 17.3. The van der Waals surface area contributed by atoms with Gasteiger partial charge in [-0.1, -0.05) is 24.3 Å². The molecule has 0 saturated carbocycles. The largest absolute Gasteiger partial charge is 0.384 e. The zero-order valence-electron chi connectivity index (χ0n) is 20.3. The van der Waals surface area contributed by atoms with Gasteiger partial charge in [-0.3, -0.25) is 9.59 Å². The summed E-state index contributed by atoms with van der Waals surface area (Å²) in [5.74, 6) is -0.354. The number of nitrogens with zero attached hydrogens (tertiary/aromatic N) is 4. The van der Waals surface area contributed by atoms with Crippen LogP contribution in [0.5, 0.6) is 0 Å². The molecule has 8 heteroatoms. The van der Waals surface area contributed by atoms with E-state index in [1.165, 1.54) is 4.90 Å². The molecular weight excluding hydrogens is 454 g/mol. The fraction of sp³-hybridized carbons (Fsp3) is 0.393. The molecule has 0 aliphatic carbocycles. The summed E-state index contributed by atoms with van der Waals surface area (Å²) in [5.41, 5.74) is 6.47. The Morgan fingerprint density at radius 2 is 1.86 bits per heavy atom. The molecule has 0 spiro atoms. The standard InChI is InChI=1S/C28H27N5O3/c1-16-31-18(14-22(30)32-16)6-5-11-28-13-12-27(2,36-28)23-24(28)26(35)33(25(23)34)21-10-9-17(15-29)19-7-3-4-8-20(19)21/h3-4,7-10,14,23-24H,5-6,11-13H2,1-2H3,(H2,30,31,32)/t23-,24+,27-,28+/m1/s1. The smallest absolute Gasteiger partial charge is 0.240 e. The molecule has 6 rings (SSSR count). The molecule has 4 heterocycles. The number of amides is 2. The first-order valence-electron chi connectivity index (χ1n) is 12.4. The van der Waals surface area contributed by atoms with Crippen molar-refractivity contribution in [2.24, 2.45) is 11.8 Å². The molecule has 36 heavy (non-hydrogen) atoms. The van der Waals surface area contributed by atoms with E-state index >= 15 is 0 Å². The molecule has 1 aromatic heterocycles. The van der Waals surface area contributed by atoms with E-state index in [1.807, 2.05) is 38.1 Å². The number of aryl methyl sites for hydroxylation is 2. The Hall–Kier alpha value is -3.83. The number of carbonyl (C=O) groups is 2. The minimum atomic E-state index is -0.670. The predicted molar refractivity (Wildman–Crippen MR) is 134 cm³/mol. The van der Waals surface area contributed by atoms with Crippen LogP contribution in [0.2, 0.25) is 0 Å². The lowest BCUT2D eigenvalue weighted by atomic mass is 9.67. The number of carbonyl (C=O) groups excluding carboxylic acids is 2. The van der Waals surface area contributed by atoms with E-state index in [0.717, 1.165) is 35.7 Å². The zero-order valence-corrected chi connectivity index (χ0v) is 20.3. The summed E-state index contributed by atoms with van der Waals surface area (Å²) >= 11 is 0. The predicted octanol–water partition coefficient (Wildman–Crippen LogP) is 3.84. The molecule has 2 bridgehead atoms. The number of fused-ring (bicyclic) bond motifs is 6. The van der Waals surface area contributed by atoms with Crippen molar-refractivity contribution in [3.63, 3.8) is 0 Å². The van der Waals surface area contributed by atoms with Crippen LogP contribution in [0, 0.1) is 30.1 Å². The Kier molecular flexibility index (Phi) is 4.92. The molecular formula is C28H27N5O3. The van der Waals surface area contributed by atoms with Gasteiger partial charge in [0.25, 0.3) is 0 Å². The number of nitrogen functional groups attached to an aromatic ring is 1. The zero-order chi connectivity index (χ0) is 25.2. The van der Waals surface area contributed by atoms with E-state index < -0.39 is 23.0 Å². The second-order valence-corrected chi connectivity index (χ2v) is 10.4. The lowest BCUT2D eigenvalue weighted by molar-refractivity contribution is -0.130. The second kappa shape index (κ2) is 7.84. The fourth-order valence-electron chi connectivity index (χ4n) is 6.77. The van der Waals surface area contributed by atoms with Crippen molar-refractivity contribution in [2.45, 2.75) is 57.2 Å². The Balaban J connectivity index is 1.33. The normalized spacial score (nSPS) is 28.6. The van der Waals surface area contributed by atoms with Crippen LogP contribution in [-0.2, 0) is 20.7 Å². The fourth-order valence-corrected chi connectivity index (χ4v) is 6.77. The van der Waals surface area contributed by atoms with Crippen LogP contribution in [0.15, 0.2) is 42.5 Å².